The Morgan fingerprint density at radius 3 is 2.35 bits per heavy atom. The third-order valence-corrected chi connectivity index (χ3v) is 4.68. The first-order valence-corrected chi connectivity index (χ1v) is 7.53. The molecular formula is C17H17Cl2N. The molecule has 104 valence electrons. The maximum atomic E-state index is 6.28. The molecule has 0 radical (unpaired) electrons. The summed E-state index contributed by atoms with van der Waals surface area (Å²) in [5, 5.41) is 4.89. The van der Waals surface area contributed by atoms with Gasteiger partial charge in [0.15, 0.2) is 0 Å². The predicted molar refractivity (Wildman–Crippen MR) is 86.8 cm³/mol. The van der Waals surface area contributed by atoms with Crippen molar-refractivity contribution in [3.05, 3.63) is 63.6 Å². The fourth-order valence-electron chi connectivity index (χ4n) is 3.04. The van der Waals surface area contributed by atoms with Crippen molar-refractivity contribution >= 4 is 28.9 Å². The van der Waals surface area contributed by atoms with Crippen LogP contribution < -0.4 is 5.32 Å². The maximum absolute atomic E-state index is 6.28. The van der Waals surface area contributed by atoms with Crippen LogP contribution in [0.25, 0.3) is 0 Å². The van der Waals surface area contributed by atoms with Crippen LogP contribution in [0.3, 0.4) is 0 Å². The zero-order chi connectivity index (χ0) is 14.3. The van der Waals surface area contributed by atoms with Gasteiger partial charge in [-0.05, 0) is 35.1 Å². The van der Waals surface area contributed by atoms with E-state index in [4.69, 9.17) is 23.2 Å². The minimum absolute atomic E-state index is 0.131. The van der Waals surface area contributed by atoms with Gasteiger partial charge in [0.25, 0.3) is 0 Å². The number of hydrogen-bond donors (Lipinski definition) is 1. The van der Waals surface area contributed by atoms with Gasteiger partial charge in [-0.15, -0.1) is 0 Å². The number of nitrogens with one attached hydrogen (secondary N) is 1. The average molecular weight is 306 g/mol. The van der Waals surface area contributed by atoms with E-state index in [-0.39, 0.29) is 11.5 Å². The van der Waals surface area contributed by atoms with Crippen molar-refractivity contribution in [2.24, 2.45) is 5.41 Å². The third kappa shape index (κ3) is 2.30. The second-order valence-corrected chi connectivity index (χ2v) is 6.85. The molecule has 3 heteroatoms. The molecule has 1 nitrogen and oxygen atoms in total. The minimum atomic E-state index is 0.131. The Morgan fingerprint density at radius 1 is 1.00 bits per heavy atom. The molecule has 1 aliphatic rings. The molecule has 3 rings (SSSR count). The highest BCUT2D eigenvalue weighted by Crippen LogP contribution is 2.48. The lowest BCUT2D eigenvalue weighted by Gasteiger charge is -2.30. The molecule has 2 aromatic rings. The van der Waals surface area contributed by atoms with Crippen molar-refractivity contribution in [3.8, 4) is 0 Å². The molecule has 0 saturated carbocycles. The Hall–Kier alpha value is -1.18. The molecule has 0 bridgehead atoms. The second-order valence-electron chi connectivity index (χ2n) is 6.04. The number of hydrogen-bond acceptors (Lipinski definition) is 1. The molecule has 2 aromatic carbocycles. The van der Waals surface area contributed by atoms with Crippen LogP contribution in [0.4, 0.5) is 5.69 Å². The highest BCUT2D eigenvalue weighted by Gasteiger charge is 2.39. The van der Waals surface area contributed by atoms with Gasteiger partial charge in [0.2, 0.25) is 0 Å². The van der Waals surface area contributed by atoms with E-state index >= 15 is 0 Å². The summed E-state index contributed by atoms with van der Waals surface area (Å²) >= 11 is 12.6. The first-order valence-electron chi connectivity index (χ1n) is 6.77. The monoisotopic (exact) mass is 305 g/mol. The molecule has 20 heavy (non-hydrogen) atoms. The Labute approximate surface area is 129 Å². The number of fused-ring (bicyclic) bond motifs is 1. The molecule has 0 saturated heterocycles. The molecule has 0 amide bonds. The molecule has 0 fully saturated rings. The van der Waals surface area contributed by atoms with Gasteiger partial charge in [-0.1, -0.05) is 67.4 Å². The van der Waals surface area contributed by atoms with Gasteiger partial charge >= 0.3 is 0 Å². The first-order chi connectivity index (χ1) is 9.49. The third-order valence-electron chi connectivity index (χ3n) is 4.05. The largest absolute Gasteiger partial charge is 0.375 e. The Morgan fingerprint density at radius 2 is 1.65 bits per heavy atom. The number of anilines is 1. The number of para-hydroxylation sites is 1. The number of halogens is 2. The molecule has 1 atom stereocenters. The van der Waals surface area contributed by atoms with Gasteiger partial charge in [-0.3, -0.25) is 0 Å². The summed E-state index contributed by atoms with van der Waals surface area (Å²) < 4.78 is 0. The van der Waals surface area contributed by atoms with E-state index in [1.54, 1.807) is 0 Å². The van der Waals surface area contributed by atoms with E-state index in [0.717, 1.165) is 12.1 Å². The zero-order valence-corrected chi connectivity index (χ0v) is 13.1. The molecule has 0 heterocycles. The molecule has 0 aliphatic heterocycles. The van der Waals surface area contributed by atoms with Crippen molar-refractivity contribution in [2.45, 2.75) is 26.3 Å². The molecule has 1 unspecified atom stereocenters. The molecule has 0 spiro atoms. The lowest BCUT2D eigenvalue weighted by atomic mass is 9.85. The maximum Gasteiger partial charge on any atom is 0.0723 e. The lowest BCUT2D eigenvalue weighted by Crippen LogP contribution is -2.24. The van der Waals surface area contributed by atoms with Crippen molar-refractivity contribution in [2.75, 3.05) is 5.32 Å². The van der Waals surface area contributed by atoms with E-state index in [1.165, 1.54) is 11.1 Å². The van der Waals surface area contributed by atoms with Crippen molar-refractivity contribution in [1.29, 1.82) is 0 Å². The lowest BCUT2D eigenvalue weighted by molar-refractivity contribution is 0.337. The van der Waals surface area contributed by atoms with Gasteiger partial charge in [-0.2, -0.15) is 0 Å². The van der Waals surface area contributed by atoms with Gasteiger partial charge in [0, 0.05) is 0 Å². The van der Waals surface area contributed by atoms with E-state index in [0.29, 0.717) is 10.0 Å². The average Bonchev–Trinajstić information content (AvgIpc) is 2.64. The standard InChI is InChI=1S/C17H17Cl2N/c1-17(2)10-11-6-3-4-7-12(11)16(17)20-15-13(18)8-5-9-14(15)19/h3-9,16,20H,10H2,1-2H3. The first kappa shape index (κ1) is 13.8. The molecular weight excluding hydrogens is 289 g/mol. The van der Waals surface area contributed by atoms with Crippen molar-refractivity contribution in [1.82, 2.24) is 0 Å². The van der Waals surface area contributed by atoms with E-state index in [9.17, 15) is 0 Å². The number of benzene rings is 2. The SMILES string of the molecule is CC1(C)Cc2ccccc2C1Nc1c(Cl)cccc1Cl. The normalized spacial score (nSPS) is 19.7. The highest BCUT2D eigenvalue weighted by molar-refractivity contribution is 6.39. The summed E-state index contributed by atoms with van der Waals surface area (Å²) in [5.41, 5.74) is 3.70. The molecule has 0 aromatic heterocycles. The Bertz CT molecular complexity index is 629. The van der Waals surface area contributed by atoms with Gasteiger partial charge in [0.1, 0.15) is 0 Å². The topological polar surface area (TPSA) is 12.0 Å². The van der Waals surface area contributed by atoms with Crippen molar-refractivity contribution in [3.63, 3.8) is 0 Å². The summed E-state index contributed by atoms with van der Waals surface area (Å²) in [7, 11) is 0. The molecule has 1 aliphatic carbocycles. The summed E-state index contributed by atoms with van der Waals surface area (Å²) in [6.45, 7) is 4.55. The Balaban J connectivity index is 2.02. The summed E-state index contributed by atoms with van der Waals surface area (Å²) in [4.78, 5) is 0. The zero-order valence-electron chi connectivity index (χ0n) is 11.6. The fourth-order valence-corrected chi connectivity index (χ4v) is 3.55. The Kier molecular flexibility index (Phi) is 3.43. The number of rotatable bonds is 2. The summed E-state index contributed by atoms with van der Waals surface area (Å²) in [6, 6.07) is 14.4. The van der Waals surface area contributed by atoms with Crippen molar-refractivity contribution < 1.29 is 0 Å². The van der Waals surface area contributed by atoms with E-state index in [2.05, 4.69) is 43.4 Å². The van der Waals surface area contributed by atoms with Crippen LogP contribution >= 0.6 is 23.2 Å². The fraction of sp³-hybridized carbons (Fsp3) is 0.294. The molecule has 1 N–H and O–H groups in total. The van der Waals surface area contributed by atoms with Crippen LogP contribution in [0.1, 0.15) is 31.0 Å². The van der Waals surface area contributed by atoms with Crippen LogP contribution in [0.15, 0.2) is 42.5 Å². The van der Waals surface area contributed by atoms with Crippen LogP contribution in [0, 0.1) is 5.41 Å². The van der Waals surface area contributed by atoms with Crippen LogP contribution in [-0.4, -0.2) is 0 Å². The van der Waals surface area contributed by atoms with E-state index < -0.39 is 0 Å². The van der Waals surface area contributed by atoms with Gasteiger partial charge in [-0.25, -0.2) is 0 Å². The quantitative estimate of drug-likeness (QED) is 0.747. The van der Waals surface area contributed by atoms with Gasteiger partial charge in [0.05, 0.1) is 21.8 Å². The predicted octanol–water partition coefficient (Wildman–Crippen LogP) is 5.73. The highest BCUT2D eigenvalue weighted by atomic mass is 35.5. The summed E-state index contributed by atoms with van der Waals surface area (Å²) in [5.74, 6) is 0. The minimum Gasteiger partial charge on any atom is -0.375 e. The van der Waals surface area contributed by atoms with Crippen LogP contribution in [0.5, 0.6) is 0 Å². The van der Waals surface area contributed by atoms with Crippen LogP contribution in [-0.2, 0) is 6.42 Å². The van der Waals surface area contributed by atoms with Gasteiger partial charge < -0.3 is 5.32 Å². The smallest absolute Gasteiger partial charge is 0.0723 e. The van der Waals surface area contributed by atoms with Crippen LogP contribution in [0.2, 0.25) is 10.0 Å². The second kappa shape index (κ2) is 4.98. The summed E-state index contributed by atoms with van der Waals surface area (Å²) in [6.07, 6.45) is 1.06. The van der Waals surface area contributed by atoms with E-state index in [1.807, 2.05) is 18.2 Å².